The minimum atomic E-state index is -0.224. The number of anilines is 1. The van der Waals surface area contributed by atoms with E-state index in [2.05, 4.69) is 25.6 Å². The predicted octanol–water partition coefficient (Wildman–Crippen LogP) is -0.0237. The number of nitrogen functional groups attached to an aromatic ring is 1. The Morgan fingerprint density at radius 1 is 1.47 bits per heavy atom. The van der Waals surface area contributed by atoms with Gasteiger partial charge in [0.2, 0.25) is 0 Å². The number of amides is 1. The summed E-state index contributed by atoms with van der Waals surface area (Å²) in [6.07, 6.45) is 6.32. The first kappa shape index (κ1) is 13.7. The molecular weight excluding hydrogens is 244 g/mol. The standard InChI is InChI=1S/C12H20N6O/c1-18(2)12(4-3-5-12)8-15-11(19)9-6-14-7-10(16-9)17-13/h6-7H,3-5,8,13H2,1-2H3,(H,15,19)(H,16,17). The van der Waals surface area contributed by atoms with Crippen molar-refractivity contribution in [3.8, 4) is 0 Å². The number of carbonyl (C=O) groups excluding carboxylic acids is 1. The highest BCUT2D eigenvalue weighted by molar-refractivity contribution is 5.92. The van der Waals surface area contributed by atoms with Crippen LogP contribution < -0.4 is 16.6 Å². The third-order valence-electron chi connectivity index (χ3n) is 3.83. The van der Waals surface area contributed by atoms with Crippen molar-refractivity contribution in [3.63, 3.8) is 0 Å². The van der Waals surface area contributed by atoms with Gasteiger partial charge in [-0.15, -0.1) is 0 Å². The third-order valence-corrected chi connectivity index (χ3v) is 3.83. The van der Waals surface area contributed by atoms with Crippen molar-refractivity contribution in [1.82, 2.24) is 20.2 Å². The van der Waals surface area contributed by atoms with Gasteiger partial charge >= 0.3 is 0 Å². The molecule has 0 saturated heterocycles. The molecule has 1 aromatic heterocycles. The van der Waals surface area contributed by atoms with E-state index in [1.807, 2.05) is 14.1 Å². The second-order valence-electron chi connectivity index (χ2n) is 5.09. The lowest BCUT2D eigenvalue weighted by molar-refractivity contribution is 0.0556. The summed E-state index contributed by atoms with van der Waals surface area (Å²) in [5.74, 6) is 5.39. The molecule has 1 heterocycles. The van der Waals surface area contributed by atoms with Crippen LogP contribution in [-0.4, -0.2) is 47.0 Å². The fourth-order valence-corrected chi connectivity index (χ4v) is 2.25. The Bertz CT molecular complexity index is 457. The number of likely N-dealkylation sites (N-methyl/N-ethyl adjacent to an activating group) is 1. The topological polar surface area (TPSA) is 96.2 Å². The lowest BCUT2D eigenvalue weighted by atomic mass is 9.75. The molecule has 0 aliphatic heterocycles. The Balaban J connectivity index is 1.97. The van der Waals surface area contributed by atoms with E-state index in [-0.39, 0.29) is 17.1 Å². The number of aromatic nitrogens is 2. The highest BCUT2D eigenvalue weighted by atomic mass is 16.1. The Hall–Kier alpha value is -1.73. The van der Waals surface area contributed by atoms with Gasteiger partial charge < -0.3 is 15.6 Å². The van der Waals surface area contributed by atoms with Crippen molar-refractivity contribution in [1.29, 1.82) is 0 Å². The van der Waals surface area contributed by atoms with Gasteiger partial charge in [0.1, 0.15) is 5.69 Å². The van der Waals surface area contributed by atoms with Gasteiger partial charge in [-0.1, -0.05) is 0 Å². The number of hydrogen-bond donors (Lipinski definition) is 3. The molecule has 1 aliphatic rings. The summed E-state index contributed by atoms with van der Waals surface area (Å²) >= 11 is 0. The van der Waals surface area contributed by atoms with Crippen molar-refractivity contribution in [2.45, 2.75) is 24.8 Å². The maximum atomic E-state index is 12.0. The summed E-state index contributed by atoms with van der Waals surface area (Å²) in [5, 5.41) is 2.92. The molecule has 19 heavy (non-hydrogen) atoms. The number of nitrogens with one attached hydrogen (secondary N) is 2. The van der Waals surface area contributed by atoms with Gasteiger partial charge in [0, 0.05) is 12.1 Å². The lowest BCUT2D eigenvalue weighted by Crippen LogP contribution is -2.57. The summed E-state index contributed by atoms with van der Waals surface area (Å²) in [4.78, 5) is 22.2. The maximum absolute atomic E-state index is 12.0. The SMILES string of the molecule is CN(C)C1(CNC(=O)c2cncc(NN)n2)CCC1. The van der Waals surface area contributed by atoms with Crippen molar-refractivity contribution in [2.75, 3.05) is 26.1 Å². The Morgan fingerprint density at radius 2 is 2.21 bits per heavy atom. The monoisotopic (exact) mass is 264 g/mol. The molecule has 0 unspecified atom stereocenters. The second kappa shape index (κ2) is 5.50. The van der Waals surface area contributed by atoms with Crippen LogP contribution in [-0.2, 0) is 0 Å². The molecule has 104 valence electrons. The minimum Gasteiger partial charge on any atom is -0.349 e. The van der Waals surface area contributed by atoms with Crippen LogP contribution in [0.1, 0.15) is 29.8 Å². The molecule has 1 saturated carbocycles. The van der Waals surface area contributed by atoms with E-state index in [4.69, 9.17) is 5.84 Å². The van der Waals surface area contributed by atoms with Gasteiger partial charge in [0.25, 0.3) is 5.91 Å². The molecule has 0 aromatic carbocycles. The zero-order valence-electron chi connectivity index (χ0n) is 11.3. The average Bonchev–Trinajstić information content (AvgIpc) is 2.37. The van der Waals surface area contributed by atoms with Crippen LogP contribution in [0.3, 0.4) is 0 Å². The van der Waals surface area contributed by atoms with Crippen LogP contribution in [0.2, 0.25) is 0 Å². The molecule has 0 spiro atoms. The van der Waals surface area contributed by atoms with Gasteiger partial charge in [-0.3, -0.25) is 9.78 Å². The fourth-order valence-electron chi connectivity index (χ4n) is 2.25. The zero-order chi connectivity index (χ0) is 13.9. The van der Waals surface area contributed by atoms with E-state index >= 15 is 0 Å². The quantitative estimate of drug-likeness (QED) is 0.511. The largest absolute Gasteiger partial charge is 0.349 e. The first-order valence-corrected chi connectivity index (χ1v) is 6.32. The Kier molecular flexibility index (Phi) is 3.96. The van der Waals surface area contributed by atoms with E-state index in [0.717, 1.165) is 12.8 Å². The number of nitrogens with two attached hydrogens (primary N) is 1. The predicted molar refractivity (Wildman–Crippen MR) is 72.4 cm³/mol. The molecule has 4 N–H and O–H groups in total. The lowest BCUT2D eigenvalue weighted by Gasteiger charge is -2.47. The molecule has 1 aromatic rings. The summed E-state index contributed by atoms with van der Waals surface area (Å²) in [5.41, 5.74) is 2.73. The Morgan fingerprint density at radius 3 is 2.74 bits per heavy atom. The summed E-state index contributed by atoms with van der Waals surface area (Å²) < 4.78 is 0. The van der Waals surface area contributed by atoms with Gasteiger partial charge in [0.15, 0.2) is 5.82 Å². The molecular formula is C12H20N6O. The van der Waals surface area contributed by atoms with Gasteiger partial charge in [-0.25, -0.2) is 10.8 Å². The van der Waals surface area contributed by atoms with E-state index in [9.17, 15) is 4.79 Å². The fraction of sp³-hybridized carbons (Fsp3) is 0.583. The number of hydrazine groups is 1. The van der Waals surface area contributed by atoms with E-state index in [1.54, 1.807) is 0 Å². The van der Waals surface area contributed by atoms with Crippen LogP contribution in [0.25, 0.3) is 0 Å². The van der Waals surface area contributed by atoms with Crippen LogP contribution >= 0.6 is 0 Å². The van der Waals surface area contributed by atoms with E-state index in [0.29, 0.717) is 12.4 Å². The number of hydrogen-bond acceptors (Lipinski definition) is 6. The van der Waals surface area contributed by atoms with Crippen molar-refractivity contribution < 1.29 is 4.79 Å². The number of carbonyl (C=O) groups is 1. The van der Waals surface area contributed by atoms with Crippen LogP contribution in [0.5, 0.6) is 0 Å². The highest BCUT2D eigenvalue weighted by Crippen LogP contribution is 2.35. The first-order chi connectivity index (χ1) is 9.07. The van der Waals surface area contributed by atoms with Gasteiger partial charge in [0.05, 0.1) is 12.4 Å². The second-order valence-corrected chi connectivity index (χ2v) is 5.09. The minimum absolute atomic E-state index is 0.0901. The molecule has 0 radical (unpaired) electrons. The molecule has 1 fully saturated rings. The molecule has 0 bridgehead atoms. The van der Waals surface area contributed by atoms with E-state index in [1.165, 1.54) is 18.8 Å². The third kappa shape index (κ3) is 2.82. The van der Waals surface area contributed by atoms with Crippen LogP contribution in [0.4, 0.5) is 5.82 Å². The summed E-state index contributed by atoms with van der Waals surface area (Å²) in [7, 11) is 4.09. The van der Waals surface area contributed by atoms with Crippen molar-refractivity contribution in [3.05, 3.63) is 18.1 Å². The molecule has 7 nitrogen and oxygen atoms in total. The van der Waals surface area contributed by atoms with Gasteiger partial charge in [-0.05, 0) is 33.4 Å². The molecule has 2 rings (SSSR count). The molecule has 0 atom stereocenters. The molecule has 1 amide bonds. The van der Waals surface area contributed by atoms with Crippen LogP contribution in [0.15, 0.2) is 12.4 Å². The van der Waals surface area contributed by atoms with Gasteiger partial charge in [-0.2, -0.15) is 0 Å². The number of nitrogens with zero attached hydrogens (tertiary/aromatic N) is 3. The normalized spacial score (nSPS) is 16.8. The highest BCUT2D eigenvalue weighted by Gasteiger charge is 2.39. The first-order valence-electron chi connectivity index (χ1n) is 6.32. The summed E-state index contributed by atoms with van der Waals surface area (Å²) in [6, 6.07) is 0. The molecule has 7 heteroatoms. The maximum Gasteiger partial charge on any atom is 0.271 e. The van der Waals surface area contributed by atoms with E-state index < -0.39 is 0 Å². The smallest absolute Gasteiger partial charge is 0.271 e. The zero-order valence-corrected chi connectivity index (χ0v) is 11.3. The summed E-state index contributed by atoms with van der Waals surface area (Å²) in [6.45, 7) is 0.626. The van der Waals surface area contributed by atoms with Crippen molar-refractivity contribution >= 4 is 11.7 Å². The average molecular weight is 264 g/mol. The van der Waals surface area contributed by atoms with Crippen LogP contribution in [0, 0.1) is 0 Å². The van der Waals surface area contributed by atoms with Crippen molar-refractivity contribution in [2.24, 2.45) is 5.84 Å². The molecule has 1 aliphatic carbocycles. The Labute approximate surface area is 112 Å². The number of rotatable bonds is 5.